The summed E-state index contributed by atoms with van der Waals surface area (Å²) in [6, 6.07) is 6.01. The fourth-order valence-corrected chi connectivity index (χ4v) is 5.47. The minimum Gasteiger partial charge on any atom is -0.462 e. The number of cyclic esters (lactones) is 1. The van der Waals surface area contributed by atoms with Crippen molar-refractivity contribution < 1.29 is 9.53 Å². The summed E-state index contributed by atoms with van der Waals surface area (Å²) in [7, 11) is 0. The van der Waals surface area contributed by atoms with Crippen molar-refractivity contribution in [3.8, 4) is 0 Å². The molecule has 0 spiro atoms. The Kier molecular flexibility index (Phi) is 4.49. The van der Waals surface area contributed by atoms with E-state index in [1.165, 1.54) is 25.7 Å². The highest BCUT2D eigenvalue weighted by molar-refractivity contribution is 5.75. The molecule has 3 heteroatoms. The molecule has 1 aromatic heterocycles. The van der Waals surface area contributed by atoms with E-state index >= 15 is 0 Å². The summed E-state index contributed by atoms with van der Waals surface area (Å²) < 4.78 is 5.63. The predicted octanol–water partition coefficient (Wildman–Crippen LogP) is 4.74. The minimum atomic E-state index is 0.0301. The molecular weight excluding hydrogens is 310 g/mol. The number of aromatic nitrogens is 1. The van der Waals surface area contributed by atoms with Gasteiger partial charge in [-0.1, -0.05) is 38.0 Å². The molecule has 3 fully saturated rings. The fourth-order valence-electron chi connectivity index (χ4n) is 5.47. The zero-order valence-electron chi connectivity index (χ0n) is 14.9. The second-order valence-corrected chi connectivity index (χ2v) is 7.90. The highest BCUT2D eigenvalue weighted by Crippen LogP contribution is 2.53. The highest BCUT2D eigenvalue weighted by Gasteiger charge is 2.53. The summed E-state index contributed by atoms with van der Waals surface area (Å²) in [5.74, 6) is 2.23. The molecule has 0 radical (unpaired) electrons. The number of hydrogen-bond donors (Lipinski definition) is 0. The van der Waals surface area contributed by atoms with E-state index in [0.29, 0.717) is 23.7 Å². The van der Waals surface area contributed by atoms with Crippen LogP contribution in [-0.4, -0.2) is 17.1 Å². The van der Waals surface area contributed by atoms with Crippen LogP contribution in [0.25, 0.3) is 12.2 Å². The van der Waals surface area contributed by atoms with Gasteiger partial charge in [-0.2, -0.15) is 0 Å². The summed E-state index contributed by atoms with van der Waals surface area (Å²) in [6.45, 7) is 5.87. The standard InChI is InChI=1S/C22H27NO2/c1-3-16-8-6-9-17(23-16)11-12-19-18-10-5-4-7-15(18)13-20-21(19)14(2)25-22(20)24/h3,6,8-9,11-12,14-15,18-21H,1,4-5,7,10,13H2,2H3/b12-11+. The van der Waals surface area contributed by atoms with Crippen LogP contribution >= 0.6 is 0 Å². The fraction of sp³-hybridized carbons (Fsp3) is 0.545. The van der Waals surface area contributed by atoms with E-state index in [1.807, 2.05) is 18.2 Å². The Balaban J connectivity index is 1.64. The van der Waals surface area contributed by atoms with Crippen LogP contribution in [-0.2, 0) is 9.53 Å². The maximum absolute atomic E-state index is 12.3. The van der Waals surface area contributed by atoms with Gasteiger partial charge in [-0.25, -0.2) is 4.98 Å². The molecular formula is C22H27NO2. The van der Waals surface area contributed by atoms with Crippen LogP contribution in [0, 0.1) is 29.6 Å². The van der Waals surface area contributed by atoms with E-state index in [0.717, 1.165) is 17.8 Å². The van der Waals surface area contributed by atoms with Gasteiger partial charge in [0.2, 0.25) is 0 Å². The van der Waals surface area contributed by atoms with Crippen molar-refractivity contribution in [2.45, 2.75) is 45.1 Å². The Bertz CT molecular complexity index is 695. The first-order valence-electron chi connectivity index (χ1n) is 9.65. The number of fused-ring (bicyclic) bond motifs is 2. The maximum Gasteiger partial charge on any atom is 0.309 e. The third-order valence-corrected chi connectivity index (χ3v) is 6.57. The Labute approximate surface area is 150 Å². The number of esters is 1. The number of allylic oxidation sites excluding steroid dienone is 1. The second kappa shape index (κ2) is 6.78. The molecule has 3 aliphatic rings. The maximum atomic E-state index is 12.3. The van der Waals surface area contributed by atoms with Gasteiger partial charge in [-0.3, -0.25) is 4.79 Å². The second-order valence-electron chi connectivity index (χ2n) is 7.90. The Morgan fingerprint density at radius 3 is 2.88 bits per heavy atom. The van der Waals surface area contributed by atoms with Gasteiger partial charge < -0.3 is 4.74 Å². The molecule has 3 nitrogen and oxygen atoms in total. The first kappa shape index (κ1) is 16.6. The summed E-state index contributed by atoms with van der Waals surface area (Å²) in [4.78, 5) is 16.9. The molecule has 2 aliphatic carbocycles. The van der Waals surface area contributed by atoms with Crippen molar-refractivity contribution in [2.75, 3.05) is 0 Å². The first-order valence-corrected chi connectivity index (χ1v) is 9.65. The predicted molar refractivity (Wildman–Crippen MR) is 99.5 cm³/mol. The van der Waals surface area contributed by atoms with Gasteiger partial charge >= 0.3 is 5.97 Å². The lowest BCUT2D eigenvalue weighted by Crippen LogP contribution is -2.42. The van der Waals surface area contributed by atoms with Crippen molar-refractivity contribution >= 4 is 18.1 Å². The zero-order valence-corrected chi connectivity index (χ0v) is 14.9. The van der Waals surface area contributed by atoms with Crippen LogP contribution in [0.5, 0.6) is 0 Å². The summed E-state index contributed by atoms with van der Waals surface area (Å²) in [5, 5.41) is 0. The van der Waals surface area contributed by atoms with Gasteiger partial charge in [0.15, 0.2) is 0 Å². The van der Waals surface area contributed by atoms with Crippen LogP contribution in [0.15, 0.2) is 30.9 Å². The normalized spacial score (nSPS) is 37.4. The number of carbonyl (C=O) groups is 1. The quantitative estimate of drug-likeness (QED) is 0.748. The van der Waals surface area contributed by atoms with Gasteiger partial charge in [0.05, 0.1) is 17.3 Å². The molecule has 6 atom stereocenters. The molecule has 1 aromatic rings. The molecule has 25 heavy (non-hydrogen) atoms. The SMILES string of the molecule is C=Cc1cccc(/C=C/C2C3CCCCC3CC3C(=O)OC(C)C32)n1. The zero-order chi connectivity index (χ0) is 17.4. The van der Waals surface area contributed by atoms with E-state index in [1.54, 1.807) is 6.08 Å². The molecule has 2 heterocycles. The van der Waals surface area contributed by atoms with Crippen molar-refractivity contribution in [3.05, 3.63) is 42.2 Å². The van der Waals surface area contributed by atoms with Crippen molar-refractivity contribution in [2.24, 2.45) is 29.6 Å². The smallest absolute Gasteiger partial charge is 0.309 e. The number of rotatable bonds is 3. The number of nitrogens with zero attached hydrogens (tertiary/aromatic N) is 1. The molecule has 4 rings (SSSR count). The molecule has 2 saturated carbocycles. The van der Waals surface area contributed by atoms with Crippen LogP contribution in [0.3, 0.4) is 0 Å². The number of ether oxygens (including phenoxy) is 1. The topological polar surface area (TPSA) is 39.2 Å². The highest BCUT2D eigenvalue weighted by atomic mass is 16.6. The molecule has 0 aromatic carbocycles. The minimum absolute atomic E-state index is 0.0301. The number of pyridine rings is 1. The molecule has 132 valence electrons. The first-order chi connectivity index (χ1) is 12.2. The molecule has 1 saturated heterocycles. The average molecular weight is 337 g/mol. The molecule has 0 N–H and O–H groups in total. The van der Waals surface area contributed by atoms with Crippen LogP contribution in [0.1, 0.15) is 50.4 Å². The Morgan fingerprint density at radius 2 is 2.04 bits per heavy atom. The van der Waals surface area contributed by atoms with Crippen molar-refractivity contribution in [1.29, 1.82) is 0 Å². The lowest BCUT2D eigenvalue weighted by atomic mass is 9.57. The van der Waals surface area contributed by atoms with Crippen LogP contribution in [0.2, 0.25) is 0 Å². The monoisotopic (exact) mass is 337 g/mol. The van der Waals surface area contributed by atoms with E-state index < -0.39 is 0 Å². The van der Waals surface area contributed by atoms with E-state index in [-0.39, 0.29) is 18.0 Å². The summed E-state index contributed by atoms with van der Waals surface area (Å²) >= 11 is 0. The van der Waals surface area contributed by atoms with Crippen molar-refractivity contribution in [3.63, 3.8) is 0 Å². The van der Waals surface area contributed by atoms with E-state index in [9.17, 15) is 4.79 Å². The van der Waals surface area contributed by atoms with Gasteiger partial charge in [-0.15, -0.1) is 0 Å². The number of carbonyl (C=O) groups excluding carboxylic acids is 1. The van der Waals surface area contributed by atoms with Crippen LogP contribution < -0.4 is 0 Å². The third-order valence-electron chi connectivity index (χ3n) is 6.57. The molecule has 1 aliphatic heterocycles. The lowest BCUT2D eigenvalue weighted by Gasteiger charge is -2.45. The van der Waals surface area contributed by atoms with Crippen molar-refractivity contribution in [1.82, 2.24) is 4.98 Å². The molecule has 6 unspecified atom stereocenters. The average Bonchev–Trinajstić information content (AvgIpc) is 2.93. The van der Waals surface area contributed by atoms with E-state index in [4.69, 9.17) is 4.74 Å². The van der Waals surface area contributed by atoms with Gasteiger partial charge in [0, 0.05) is 5.92 Å². The number of hydrogen-bond acceptors (Lipinski definition) is 3. The summed E-state index contributed by atoms with van der Waals surface area (Å²) in [6.07, 6.45) is 12.5. The van der Waals surface area contributed by atoms with Gasteiger partial charge in [0.1, 0.15) is 6.10 Å². The third kappa shape index (κ3) is 3.05. The van der Waals surface area contributed by atoms with Gasteiger partial charge in [-0.05, 0) is 61.8 Å². The summed E-state index contributed by atoms with van der Waals surface area (Å²) in [5.41, 5.74) is 1.86. The van der Waals surface area contributed by atoms with E-state index in [2.05, 4.69) is 30.6 Å². The Morgan fingerprint density at radius 1 is 1.24 bits per heavy atom. The Hall–Kier alpha value is -1.90. The largest absolute Gasteiger partial charge is 0.462 e. The lowest BCUT2D eigenvalue weighted by molar-refractivity contribution is -0.144. The molecule has 0 bridgehead atoms. The van der Waals surface area contributed by atoms with Gasteiger partial charge in [0.25, 0.3) is 0 Å². The molecule has 0 amide bonds. The van der Waals surface area contributed by atoms with Crippen LogP contribution in [0.4, 0.5) is 0 Å².